The second kappa shape index (κ2) is 5.91. The van der Waals surface area contributed by atoms with E-state index in [4.69, 9.17) is 0 Å². The van der Waals surface area contributed by atoms with Crippen LogP contribution in [0.25, 0.3) is 0 Å². The minimum Gasteiger partial charge on any atom is -0.213 e. The van der Waals surface area contributed by atoms with E-state index in [1.807, 2.05) is 0 Å². The van der Waals surface area contributed by atoms with Crippen molar-refractivity contribution in [1.29, 1.82) is 0 Å². The van der Waals surface area contributed by atoms with Crippen molar-refractivity contribution in [3.63, 3.8) is 0 Å². The van der Waals surface area contributed by atoms with Crippen molar-refractivity contribution in [2.45, 2.75) is 64.4 Å². The molecule has 1 aromatic rings. The predicted octanol–water partition coefficient (Wildman–Crippen LogP) is 5.91. The molecule has 1 aromatic carbocycles. The summed E-state index contributed by atoms with van der Waals surface area (Å²) >= 11 is 0. The van der Waals surface area contributed by atoms with Gasteiger partial charge in [0.05, 0.1) is 0 Å². The highest BCUT2D eigenvalue weighted by atomic mass is 31.1. The van der Waals surface area contributed by atoms with E-state index in [-0.39, 0.29) is 15.8 Å². The highest BCUT2D eigenvalue weighted by molar-refractivity contribution is 7.64. The fourth-order valence-electron chi connectivity index (χ4n) is 3.49. The van der Waals surface area contributed by atoms with Gasteiger partial charge < -0.3 is 0 Å². The van der Waals surface area contributed by atoms with Crippen LogP contribution in [0.3, 0.4) is 0 Å². The highest BCUT2D eigenvalue weighted by Crippen LogP contribution is 2.68. The molecule has 0 unspecified atom stereocenters. The smallest absolute Gasteiger partial charge is 0.0178 e. The van der Waals surface area contributed by atoms with Gasteiger partial charge >= 0.3 is 0 Å². The van der Waals surface area contributed by atoms with Gasteiger partial charge in [0.25, 0.3) is 0 Å². The van der Waals surface area contributed by atoms with Crippen molar-refractivity contribution < 1.29 is 0 Å². The molecule has 1 atom stereocenters. The van der Waals surface area contributed by atoms with Gasteiger partial charge in [0.15, 0.2) is 0 Å². The Bertz CT molecular complexity index is 388. The third kappa shape index (κ3) is 4.09. The molecular formula is C17H31P2-. The van der Waals surface area contributed by atoms with E-state index in [2.05, 4.69) is 80.0 Å². The Labute approximate surface area is 123 Å². The molecular weight excluding hydrogens is 266 g/mol. The maximum Gasteiger partial charge on any atom is -0.0178 e. The Morgan fingerprint density at radius 3 is 1.84 bits per heavy atom. The van der Waals surface area contributed by atoms with E-state index in [0.717, 1.165) is 0 Å². The minimum absolute atomic E-state index is 0.00210. The van der Waals surface area contributed by atoms with Gasteiger partial charge in [0.2, 0.25) is 0 Å². The molecule has 1 rings (SSSR count). The molecule has 0 aliphatic rings. The first kappa shape index (κ1) is 17.3. The molecule has 0 N–H and O–H groups in total. The molecule has 0 aliphatic heterocycles. The molecule has 110 valence electrons. The molecule has 0 fully saturated rings. The van der Waals surface area contributed by atoms with Crippen LogP contribution in [0.2, 0.25) is 0 Å². The van der Waals surface area contributed by atoms with Crippen LogP contribution in [0.5, 0.6) is 0 Å². The molecule has 2 heteroatoms. The number of hydrogen-bond donors (Lipinski definition) is 0. The third-order valence-electron chi connectivity index (χ3n) is 3.59. The van der Waals surface area contributed by atoms with Crippen LogP contribution in [0.4, 0.5) is 0 Å². The maximum absolute atomic E-state index is 2.46. The van der Waals surface area contributed by atoms with Gasteiger partial charge in [-0.15, -0.1) is 26.7 Å². The molecule has 0 aliphatic carbocycles. The molecule has 0 saturated heterocycles. The molecule has 0 radical (unpaired) electrons. The summed E-state index contributed by atoms with van der Waals surface area (Å²) in [7, 11) is -0.0830. The standard InChI is InChI=1S/C17H31P2/c1-13(14-11-10-12-15(14)18(8)9)19(16(2,3)4)17(5,6)7/h10-13H,1-9H3/q-1/t13-/m1/s1. The van der Waals surface area contributed by atoms with E-state index >= 15 is 0 Å². The van der Waals surface area contributed by atoms with Crippen LogP contribution in [-0.4, -0.2) is 23.6 Å². The summed E-state index contributed by atoms with van der Waals surface area (Å²) in [5.41, 5.74) is 2.30. The number of hydrogen-bond acceptors (Lipinski definition) is 0. The van der Waals surface area contributed by atoms with Gasteiger partial charge in [-0.05, 0) is 29.3 Å². The van der Waals surface area contributed by atoms with Crippen LogP contribution < -0.4 is 5.30 Å². The van der Waals surface area contributed by atoms with E-state index in [1.165, 1.54) is 0 Å². The minimum atomic E-state index is -0.0851. The summed E-state index contributed by atoms with van der Waals surface area (Å²) in [5.74, 6) is 0. The van der Waals surface area contributed by atoms with E-state index in [1.54, 1.807) is 10.9 Å². The summed E-state index contributed by atoms with van der Waals surface area (Å²) in [6.45, 7) is 21.7. The molecule has 19 heavy (non-hydrogen) atoms. The monoisotopic (exact) mass is 297 g/mol. The lowest BCUT2D eigenvalue weighted by molar-refractivity contribution is 0.690. The average Bonchev–Trinajstić information content (AvgIpc) is 2.59. The van der Waals surface area contributed by atoms with Crippen LogP contribution in [0, 0.1) is 0 Å². The predicted molar refractivity (Wildman–Crippen MR) is 95.3 cm³/mol. The molecule has 0 aromatic heterocycles. The zero-order valence-electron chi connectivity index (χ0n) is 14.2. The van der Waals surface area contributed by atoms with E-state index in [0.29, 0.717) is 16.0 Å². The van der Waals surface area contributed by atoms with E-state index < -0.39 is 0 Å². The van der Waals surface area contributed by atoms with Crippen LogP contribution in [-0.2, 0) is 0 Å². The van der Waals surface area contributed by atoms with Gasteiger partial charge in [-0.1, -0.05) is 48.5 Å². The Hall–Kier alpha value is 0.210. The Kier molecular flexibility index (Phi) is 5.37. The molecule has 0 heterocycles. The lowest BCUT2D eigenvalue weighted by Crippen LogP contribution is -2.28. The third-order valence-corrected chi connectivity index (χ3v) is 8.90. The summed E-state index contributed by atoms with van der Waals surface area (Å²) in [5, 5.41) is 2.40. The summed E-state index contributed by atoms with van der Waals surface area (Å²) in [6, 6.07) is 6.97. The highest BCUT2D eigenvalue weighted by Gasteiger charge is 2.37. The largest absolute Gasteiger partial charge is 0.213 e. The van der Waals surface area contributed by atoms with Crippen molar-refractivity contribution in [2.75, 3.05) is 13.3 Å². The fourth-order valence-corrected chi connectivity index (χ4v) is 9.60. The first-order chi connectivity index (χ1) is 8.46. The fraction of sp³-hybridized carbons (Fsp3) is 0.706. The average molecular weight is 297 g/mol. The van der Waals surface area contributed by atoms with Crippen LogP contribution in [0.1, 0.15) is 59.7 Å². The van der Waals surface area contributed by atoms with Gasteiger partial charge in [0, 0.05) is 0 Å². The SMILES string of the molecule is C[C@H]([c-]1cccc1P(C)C)P(C(C)(C)C)C(C)(C)C. The van der Waals surface area contributed by atoms with Gasteiger partial charge in [-0.25, -0.2) is 12.1 Å². The molecule has 0 spiro atoms. The number of rotatable bonds is 3. The second-order valence-corrected chi connectivity index (χ2v) is 14.1. The Morgan fingerprint density at radius 1 is 1.00 bits per heavy atom. The first-order valence-electron chi connectivity index (χ1n) is 7.18. The van der Waals surface area contributed by atoms with Crippen molar-refractivity contribution in [1.82, 2.24) is 0 Å². The zero-order chi connectivity index (χ0) is 15.0. The van der Waals surface area contributed by atoms with Crippen molar-refractivity contribution in [2.24, 2.45) is 0 Å². The van der Waals surface area contributed by atoms with Crippen molar-refractivity contribution in [3.8, 4) is 0 Å². The topological polar surface area (TPSA) is 0 Å². The molecule has 0 saturated carbocycles. The normalized spacial score (nSPS) is 15.3. The second-order valence-electron chi connectivity index (χ2n) is 7.65. The molecule has 0 amide bonds. The molecule has 0 nitrogen and oxygen atoms in total. The van der Waals surface area contributed by atoms with E-state index in [9.17, 15) is 0 Å². The van der Waals surface area contributed by atoms with Crippen molar-refractivity contribution >= 4 is 21.1 Å². The Balaban J connectivity index is 3.21. The van der Waals surface area contributed by atoms with Crippen molar-refractivity contribution in [3.05, 3.63) is 23.8 Å². The van der Waals surface area contributed by atoms with Gasteiger partial charge in [-0.3, -0.25) is 0 Å². The lowest BCUT2D eigenvalue weighted by Gasteiger charge is -2.47. The lowest BCUT2D eigenvalue weighted by atomic mass is 10.2. The Morgan fingerprint density at radius 2 is 1.47 bits per heavy atom. The summed E-state index contributed by atoms with van der Waals surface area (Å²) in [6.07, 6.45) is 0. The van der Waals surface area contributed by atoms with Gasteiger partial charge in [-0.2, -0.15) is 6.07 Å². The quantitative estimate of drug-likeness (QED) is 0.480. The molecule has 0 bridgehead atoms. The summed E-state index contributed by atoms with van der Waals surface area (Å²) < 4.78 is 0. The van der Waals surface area contributed by atoms with Crippen LogP contribution in [0.15, 0.2) is 18.2 Å². The maximum atomic E-state index is 2.46. The summed E-state index contributed by atoms with van der Waals surface area (Å²) in [4.78, 5) is 0. The van der Waals surface area contributed by atoms with Gasteiger partial charge in [0.1, 0.15) is 0 Å². The zero-order valence-corrected chi connectivity index (χ0v) is 16.0. The first-order valence-corrected chi connectivity index (χ1v) is 10.8. The van der Waals surface area contributed by atoms with Crippen LogP contribution >= 0.6 is 15.8 Å².